The molecule has 1 aliphatic heterocycles. The van der Waals surface area contributed by atoms with Gasteiger partial charge in [-0.1, -0.05) is 0 Å². The highest BCUT2D eigenvalue weighted by molar-refractivity contribution is 7.86. The van der Waals surface area contributed by atoms with E-state index >= 15 is 0 Å². The molecule has 7 nitrogen and oxygen atoms in total. The Kier molecular flexibility index (Phi) is 5.17. The maximum absolute atomic E-state index is 11.7. The van der Waals surface area contributed by atoms with E-state index in [1.165, 1.54) is 0 Å². The molecule has 0 radical (unpaired) electrons. The molecule has 0 aromatic heterocycles. The van der Waals surface area contributed by atoms with Crippen LogP contribution in [-0.4, -0.2) is 51.6 Å². The predicted molar refractivity (Wildman–Crippen MR) is 70.4 cm³/mol. The Morgan fingerprint density at radius 2 is 2.00 bits per heavy atom. The first-order valence-corrected chi connectivity index (χ1v) is 7.97. The molecule has 0 aliphatic carbocycles. The molecule has 112 valence electrons. The van der Waals surface area contributed by atoms with E-state index in [9.17, 15) is 13.2 Å². The molecule has 0 aromatic rings. The van der Waals surface area contributed by atoms with Gasteiger partial charge < -0.3 is 15.4 Å². The lowest BCUT2D eigenvalue weighted by Crippen LogP contribution is -2.54. The predicted octanol–water partition coefficient (Wildman–Crippen LogP) is 0.218. The summed E-state index contributed by atoms with van der Waals surface area (Å²) in [7, 11) is -3.56. The van der Waals surface area contributed by atoms with E-state index in [1.54, 1.807) is 20.8 Å². The van der Waals surface area contributed by atoms with Crippen LogP contribution in [0.1, 0.15) is 27.2 Å². The number of hydrogen-bond donors (Lipinski definition) is 2. The van der Waals surface area contributed by atoms with E-state index in [-0.39, 0.29) is 6.04 Å². The van der Waals surface area contributed by atoms with Gasteiger partial charge in [-0.2, -0.15) is 8.42 Å². The second kappa shape index (κ2) is 6.06. The summed E-state index contributed by atoms with van der Waals surface area (Å²) in [6.45, 7) is 6.34. The highest BCUT2D eigenvalue weighted by atomic mass is 32.2. The number of piperidine rings is 1. The fourth-order valence-electron chi connectivity index (χ4n) is 1.78. The van der Waals surface area contributed by atoms with Gasteiger partial charge in [0.05, 0.1) is 12.3 Å². The van der Waals surface area contributed by atoms with E-state index in [2.05, 4.69) is 10.6 Å². The molecule has 8 heteroatoms. The summed E-state index contributed by atoms with van der Waals surface area (Å²) in [5.74, 6) is 0. The Bertz CT molecular complexity index is 415. The van der Waals surface area contributed by atoms with Gasteiger partial charge in [-0.25, -0.2) is 4.79 Å². The molecule has 2 N–H and O–H groups in total. The van der Waals surface area contributed by atoms with Crippen molar-refractivity contribution in [3.05, 3.63) is 0 Å². The average molecular weight is 294 g/mol. The van der Waals surface area contributed by atoms with Gasteiger partial charge in [0, 0.05) is 6.54 Å². The van der Waals surface area contributed by atoms with Crippen molar-refractivity contribution in [2.75, 3.05) is 19.3 Å². The lowest BCUT2D eigenvalue weighted by Gasteiger charge is -2.32. The minimum absolute atomic E-state index is 0.369. The quantitative estimate of drug-likeness (QED) is 0.723. The summed E-state index contributed by atoms with van der Waals surface area (Å²) in [5.41, 5.74) is -0.593. The fraction of sp³-hybridized carbons (Fsp3) is 0.909. The molecule has 1 saturated heterocycles. The molecule has 1 heterocycles. The van der Waals surface area contributed by atoms with Gasteiger partial charge in [0.25, 0.3) is 10.1 Å². The number of ether oxygens (including phenoxy) is 1. The van der Waals surface area contributed by atoms with Crippen LogP contribution in [0.5, 0.6) is 0 Å². The van der Waals surface area contributed by atoms with Crippen molar-refractivity contribution >= 4 is 16.2 Å². The van der Waals surface area contributed by atoms with Gasteiger partial charge in [-0.15, -0.1) is 0 Å². The zero-order valence-corrected chi connectivity index (χ0v) is 12.5. The van der Waals surface area contributed by atoms with Gasteiger partial charge >= 0.3 is 6.09 Å². The lowest BCUT2D eigenvalue weighted by atomic mass is 10.0. The topological polar surface area (TPSA) is 93.7 Å². The Labute approximate surface area is 114 Å². The maximum Gasteiger partial charge on any atom is 0.407 e. The summed E-state index contributed by atoms with van der Waals surface area (Å²) >= 11 is 0. The van der Waals surface area contributed by atoms with E-state index in [4.69, 9.17) is 8.92 Å². The van der Waals surface area contributed by atoms with Gasteiger partial charge in [-0.3, -0.25) is 4.18 Å². The normalized spacial score (nSPS) is 24.8. The van der Waals surface area contributed by atoms with E-state index in [1.807, 2.05) is 0 Å². The minimum atomic E-state index is -3.56. The van der Waals surface area contributed by atoms with Crippen LogP contribution in [0.2, 0.25) is 0 Å². The molecule has 1 fully saturated rings. The highest BCUT2D eigenvalue weighted by Crippen LogP contribution is 2.12. The number of alkyl carbamates (subject to hydrolysis) is 1. The number of carbonyl (C=O) groups excluding carboxylic acids is 1. The second-order valence-electron chi connectivity index (χ2n) is 5.58. The van der Waals surface area contributed by atoms with Crippen LogP contribution in [0.3, 0.4) is 0 Å². The van der Waals surface area contributed by atoms with Gasteiger partial charge in [0.15, 0.2) is 0 Å². The van der Waals surface area contributed by atoms with E-state index in [0.29, 0.717) is 19.5 Å². The Balaban J connectivity index is 2.60. The molecule has 0 bridgehead atoms. The molecule has 0 aromatic carbocycles. The molecule has 0 spiro atoms. The number of rotatable bonds is 3. The molecular formula is C11H22N2O5S. The summed E-state index contributed by atoms with van der Waals surface area (Å²) in [6, 6.07) is -0.383. The van der Waals surface area contributed by atoms with Gasteiger partial charge in [0.1, 0.15) is 11.7 Å². The number of amides is 1. The molecule has 19 heavy (non-hydrogen) atoms. The number of hydrogen-bond acceptors (Lipinski definition) is 6. The van der Waals surface area contributed by atoms with E-state index < -0.39 is 27.9 Å². The first-order chi connectivity index (χ1) is 8.57. The fourth-order valence-corrected chi connectivity index (χ4v) is 2.43. The van der Waals surface area contributed by atoms with Gasteiger partial charge in [-0.05, 0) is 33.7 Å². The first-order valence-electron chi connectivity index (χ1n) is 6.15. The summed E-state index contributed by atoms with van der Waals surface area (Å²) in [5, 5.41) is 5.68. The van der Waals surface area contributed by atoms with E-state index in [0.717, 1.165) is 6.26 Å². The number of nitrogens with one attached hydrogen (secondary N) is 2. The second-order valence-corrected chi connectivity index (χ2v) is 7.19. The van der Waals surface area contributed by atoms with Crippen LogP contribution in [0.15, 0.2) is 0 Å². The van der Waals surface area contributed by atoms with Crippen LogP contribution < -0.4 is 10.6 Å². The lowest BCUT2D eigenvalue weighted by molar-refractivity contribution is 0.0423. The van der Waals surface area contributed by atoms with Crippen molar-refractivity contribution in [2.45, 2.75) is 44.9 Å². The summed E-state index contributed by atoms with van der Waals surface area (Å²) < 4.78 is 32.4. The van der Waals surface area contributed by atoms with Crippen molar-refractivity contribution in [2.24, 2.45) is 0 Å². The maximum atomic E-state index is 11.7. The standard InChI is InChI=1S/C11H22N2O5S/c1-11(2,3)17-10(14)13-8-5-6-12-7-9(8)18-19(4,15)16/h8-9,12H,5-7H2,1-4H3,(H,13,14)/t8?,9-/m0/s1. The summed E-state index contributed by atoms with van der Waals surface area (Å²) in [6.07, 6.45) is 0.392. The molecule has 1 amide bonds. The third kappa shape index (κ3) is 6.74. The summed E-state index contributed by atoms with van der Waals surface area (Å²) in [4.78, 5) is 11.7. The van der Waals surface area contributed by atoms with Crippen LogP contribution in [0.25, 0.3) is 0 Å². The minimum Gasteiger partial charge on any atom is -0.444 e. The van der Waals surface area contributed by atoms with Crippen molar-refractivity contribution < 1.29 is 22.1 Å². The Morgan fingerprint density at radius 1 is 1.37 bits per heavy atom. The zero-order chi connectivity index (χ0) is 14.7. The molecule has 2 atom stereocenters. The van der Waals surface area contributed by atoms with Crippen molar-refractivity contribution in [3.63, 3.8) is 0 Å². The molecular weight excluding hydrogens is 272 g/mol. The van der Waals surface area contributed by atoms with Crippen molar-refractivity contribution in [1.29, 1.82) is 0 Å². The highest BCUT2D eigenvalue weighted by Gasteiger charge is 2.31. The number of carbonyl (C=O) groups is 1. The SMILES string of the molecule is CC(C)(C)OC(=O)NC1CCNC[C@@H]1OS(C)(=O)=O. The first kappa shape index (κ1) is 16.2. The zero-order valence-electron chi connectivity index (χ0n) is 11.7. The van der Waals surface area contributed by atoms with Crippen LogP contribution in [0.4, 0.5) is 4.79 Å². The van der Waals surface area contributed by atoms with Crippen molar-refractivity contribution in [3.8, 4) is 0 Å². The monoisotopic (exact) mass is 294 g/mol. The largest absolute Gasteiger partial charge is 0.444 e. The van der Waals surface area contributed by atoms with Crippen molar-refractivity contribution in [1.82, 2.24) is 10.6 Å². The molecule has 0 saturated carbocycles. The Morgan fingerprint density at radius 3 is 2.53 bits per heavy atom. The third-order valence-electron chi connectivity index (χ3n) is 2.43. The van der Waals surface area contributed by atoms with Crippen LogP contribution in [0, 0.1) is 0 Å². The Hall–Kier alpha value is -0.860. The average Bonchev–Trinajstić information content (AvgIpc) is 2.15. The smallest absolute Gasteiger partial charge is 0.407 e. The van der Waals surface area contributed by atoms with Crippen LogP contribution in [-0.2, 0) is 19.0 Å². The molecule has 1 rings (SSSR count). The van der Waals surface area contributed by atoms with Crippen LogP contribution >= 0.6 is 0 Å². The third-order valence-corrected chi connectivity index (χ3v) is 3.02. The molecule has 1 aliphatic rings. The van der Waals surface area contributed by atoms with Gasteiger partial charge in [0.2, 0.25) is 0 Å². The molecule has 1 unspecified atom stereocenters.